The number of carboxylic acids is 1. The number of benzene rings is 2. The van der Waals surface area contributed by atoms with Gasteiger partial charge in [-0.15, -0.1) is 13.2 Å². The molecule has 1 saturated carbocycles. The number of fused-ring (bicyclic) bond motifs is 1. The van der Waals surface area contributed by atoms with Gasteiger partial charge in [-0.05, 0) is 54.2 Å². The molecule has 4 rings (SSSR count). The van der Waals surface area contributed by atoms with E-state index >= 15 is 0 Å². The van der Waals surface area contributed by atoms with Gasteiger partial charge in [0.25, 0.3) is 0 Å². The molecule has 1 fully saturated rings. The van der Waals surface area contributed by atoms with E-state index in [1.54, 1.807) is 6.07 Å². The molecule has 0 radical (unpaired) electrons. The molecule has 3 aromatic rings. The first-order valence-corrected chi connectivity index (χ1v) is 10.6. The van der Waals surface area contributed by atoms with Crippen molar-refractivity contribution >= 4 is 17.0 Å². The lowest BCUT2D eigenvalue weighted by Gasteiger charge is -2.28. The predicted octanol–water partition coefficient (Wildman–Crippen LogP) is 6.73. The highest BCUT2D eigenvalue weighted by molar-refractivity contribution is 5.92. The number of H-pyrrole nitrogens is 1. The third-order valence-electron chi connectivity index (χ3n) is 5.51. The average Bonchev–Trinajstić information content (AvgIpc) is 3.10. The summed E-state index contributed by atoms with van der Waals surface area (Å²) in [6.07, 6.45) is 2.95. The first-order chi connectivity index (χ1) is 15.0. The largest absolute Gasteiger partial charge is 0.573 e. The molecule has 0 atom stereocenters. The van der Waals surface area contributed by atoms with Crippen LogP contribution in [0, 0.1) is 5.41 Å². The Morgan fingerprint density at radius 3 is 2.28 bits per heavy atom. The van der Waals surface area contributed by atoms with Crippen LogP contribution in [-0.2, 0) is 6.42 Å². The Morgan fingerprint density at radius 1 is 1.09 bits per heavy atom. The summed E-state index contributed by atoms with van der Waals surface area (Å²) < 4.78 is 40.2. The summed E-state index contributed by atoms with van der Waals surface area (Å²) in [5, 5.41) is 8.97. The SMILES string of the molecule is CC1(C)CCCCC1.O=C(O)c1ccc2nc(Cc3ccc(OC(F)(F)F)cc3)[nH]c2c1. The van der Waals surface area contributed by atoms with Crippen LogP contribution in [0.2, 0.25) is 0 Å². The number of carboxylic acid groups (broad SMARTS) is 1. The van der Waals surface area contributed by atoms with Crippen molar-refractivity contribution in [2.75, 3.05) is 0 Å². The summed E-state index contributed by atoms with van der Waals surface area (Å²) in [6.45, 7) is 4.76. The summed E-state index contributed by atoms with van der Waals surface area (Å²) in [5.41, 5.74) is 2.76. The highest BCUT2D eigenvalue weighted by Crippen LogP contribution is 2.34. The van der Waals surface area contributed by atoms with Crippen LogP contribution in [0.25, 0.3) is 11.0 Å². The molecule has 0 spiro atoms. The molecule has 0 saturated heterocycles. The summed E-state index contributed by atoms with van der Waals surface area (Å²) >= 11 is 0. The van der Waals surface area contributed by atoms with Gasteiger partial charge in [0.1, 0.15) is 11.6 Å². The van der Waals surface area contributed by atoms with Crippen molar-refractivity contribution in [3.8, 4) is 5.75 Å². The minimum absolute atomic E-state index is 0.145. The van der Waals surface area contributed by atoms with Crippen LogP contribution in [0.1, 0.15) is 67.7 Å². The lowest BCUT2D eigenvalue weighted by Crippen LogP contribution is -2.17. The molecule has 32 heavy (non-hydrogen) atoms. The fourth-order valence-electron chi connectivity index (χ4n) is 3.79. The summed E-state index contributed by atoms with van der Waals surface area (Å²) in [6, 6.07) is 10.0. The van der Waals surface area contributed by atoms with Crippen molar-refractivity contribution in [1.29, 1.82) is 0 Å². The standard InChI is InChI=1S/C16H11F3N2O3.C8H16/c17-16(18,19)24-11-4-1-9(2-5-11)7-14-20-12-6-3-10(15(22)23)8-13(12)21-14;1-8(2)6-4-3-5-7-8/h1-6,8H,7H2,(H,20,21)(H,22,23);3-7H2,1-2H3. The second kappa shape index (κ2) is 9.63. The highest BCUT2D eigenvalue weighted by Gasteiger charge is 2.30. The van der Waals surface area contributed by atoms with Crippen LogP contribution in [-0.4, -0.2) is 27.4 Å². The van der Waals surface area contributed by atoms with Crippen LogP contribution in [0.5, 0.6) is 5.75 Å². The van der Waals surface area contributed by atoms with Crippen LogP contribution in [0.15, 0.2) is 42.5 Å². The van der Waals surface area contributed by atoms with Gasteiger partial charge in [-0.25, -0.2) is 9.78 Å². The number of nitrogens with one attached hydrogen (secondary N) is 1. The third-order valence-corrected chi connectivity index (χ3v) is 5.51. The lowest BCUT2D eigenvalue weighted by atomic mass is 9.78. The Morgan fingerprint density at radius 2 is 1.75 bits per heavy atom. The van der Waals surface area contributed by atoms with Gasteiger partial charge in [-0.1, -0.05) is 45.2 Å². The van der Waals surface area contributed by atoms with Gasteiger partial charge in [0.05, 0.1) is 16.6 Å². The maximum atomic E-state index is 12.1. The molecule has 5 nitrogen and oxygen atoms in total. The van der Waals surface area contributed by atoms with Crippen molar-refractivity contribution in [3.63, 3.8) is 0 Å². The van der Waals surface area contributed by atoms with Gasteiger partial charge in [-0.3, -0.25) is 0 Å². The Hall–Kier alpha value is -3.03. The maximum Gasteiger partial charge on any atom is 0.573 e. The van der Waals surface area contributed by atoms with E-state index in [1.807, 2.05) is 0 Å². The molecular formula is C24H27F3N2O3. The minimum atomic E-state index is -4.72. The second-order valence-corrected chi connectivity index (χ2v) is 8.81. The van der Waals surface area contributed by atoms with E-state index in [9.17, 15) is 18.0 Å². The van der Waals surface area contributed by atoms with E-state index in [0.717, 1.165) is 5.56 Å². The minimum Gasteiger partial charge on any atom is -0.478 e. The number of rotatable bonds is 4. The Balaban J connectivity index is 0.000000305. The maximum absolute atomic E-state index is 12.1. The first kappa shape index (κ1) is 23.6. The number of ether oxygens (including phenoxy) is 1. The molecule has 0 aliphatic heterocycles. The molecular weight excluding hydrogens is 421 g/mol. The van der Waals surface area contributed by atoms with E-state index in [2.05, 4.69) is 28.6 Å². The zero-order chi connectivity index (χ0) is 23.4. The lowest BCUT2D eigenvalue weighted by molar-refractivity contribution is -0.274. The zero-order valence-corrected chi connectivity index (χ0v) is 18.1. The summed E-state index contributed by atoms with van der Waals surface area (Å²) in [4.78, 5) is 18.3. The van der Waals surface area contributed by atoms with Crippen molar-refractivity contribution in [2.45, 2.75) is 58.7 Å². The fourth-order valence-corrected chi connectivity index (χ4v) is 3.79. The Labute approximate surface area is 184 Å². The normalized spacial score (nSPS) is 15.7. The van der Waals surface area contributed by atoms with Crippen molar-refractivity contribution in [3.05, 3.63) is 59.4 Å². The summed E-state index contributed by atoms with van der Waals surface area (Å²) in [5.74, 6) is -0.743. The van der Waals surface area contributed by atoms with Gasteiger partial charge >= 0.3 is 12.3 Å². The van der Waals surface area contributed by atoms with Crippen molar-refractivity contribution in [1.82, 2.24) is 9.97 Å². The average molecular weight is 448 g/mol. The third kappa shape index (κ3) is 7.00. The topological polar surface area (TPSA) is 75.2 Å². The van der Waals surface area contributed by atoms with Crippen LogP contribution in [0.3, 0.4) is 0 Å². The number of alkyl halides is 3. The van der Waals surface area contributed by atoms with Crippen molar-refractivity contribution in [2.24, 2.45) is 5.41 Å². The van der Waals surface area contributed by atoms with Gasteiger partial charge in [0, 0.05) is 6.42 Å². The molecule has 2 aromatic carbocycles. The van der Waals surface area contributed by atoms with Gasteiger partial charge in [0.15, 0.2) is 0 Å². The monoisotopic (exact) mass is 448 g/mol. The second-order valence-electron chi connectivity index (χ2n) is 8.81. The number of aromatic amines is 1. The molecule has 0 bridgehead atoms. The van der Waals surface area contributed by atoms with Crippen LogP contribution >= 0.6 is 0 Å². The molecule has 1 aromatic heterocycles. The number of aromatic nitrogens is 2. The number of hydrogen-bond acceptors (Lipinski definition) is 3. The molecule has 172 valence electrons. The van der Waals surface area contributed by atoms with E-state index in [0.29, 0.717) is 28.7 Å². The van der Waals surface area contributed by atoms with Crippen molar-refractivity contribution < 1.29 is 27.8 Å². The van der Waals surface area contributed by atoms with Gasteiger partial charge < -0.3 is 14.8 Å². The quantitative estimate of drug-likeness (QED) is 0.464. The van der Waals surface area contributed by atoms with Gasteiger partial charge in [-0.2, -0.15) is 0 Å². The van der Waals surface area contributed by atoms with E-state index in [-0.39, 0.29) is 11.3 Å². The number of carbonyl (C=O) groups is 1. The Kier molecular flexibility index (Phi) is 7.11. The first-order valence-electron chi connectivity index (χ1n) is 10.6. The van der Waals surface area contributed by atoms with Gasteiger partial charge in [0.2, 0.25) is 0 Å². The highest BCUT2D eigenvalue weighted by atomic mass is 19.4. The molecule has 0 unspecified atom stereocenters. The number of hydrogen-bond donors (Lipinski definition) is 2. The number of nitrogens with zero attached hydrogens (tertiary/aromatic N) is 1. The molecule has 0 amide bonds. The van der Waals surface area contributed by atoms with E-state index in [4.69, 9.17) is 5.11 Å². The fraction of sp³-hybridized carbons (Fsp3) is 0.417. The molecule has 1 heterocycles. The molecule has 2 N–H and O–H groups in total. The van der Waals surface area contributed by atoms with Crippen LogP contribution < -0.4 is 4.74 Å². The van der Waals surface area contributed by atoms with E-state index < -0.39 is 12.3 Å². The number of aromatic carboxylic acids is 1. The van der Waals surface area contributed by atoms with Crippen LogP contribution in [0.4, 0.5) is 13.2 Å². The molecule has 1 aliphatic carbocycles. The predicted molar refractivity (Wildman–Crippen MR) is 116 cm³/mol. The Bertz CT molecular complexity index is 1050. The molecule has 8 heteroatoms. The van der Waals surface area contributed by atoms with E-state index in [1.165, 1.54) is 68.5 Å². The smallest absolute Gasteiger partial charge is 0.478 e. The number of imidazole rings is 1. The summed E-state index contributed by atoms with van der Waals surface area (Å²) in [7, 11) is 0. The number of halogens is 3. The zero-order valence-electron chi connectivity index (χ0n) is 18.1. The molecule has 1 aliphatic rings.